The van der Waals surface area contributed by atoms with Crippen LogP contribution in [0.25, 0.3) is 0 Å². The number of amides is 1. The van der Waals surface area contributed by atoms with E-state index in [1.165, 1.54) is 0 Å². The van der Waals surface area contributed by atoms with Crippen molar-refractivity contribution in [3.8, 4) is 0 Å². The van der Waals surface area contributed by atoms with Crippen LogP contribution in [0.5, 0.6) is 0 Å². The van der Waals surface area contributed by atoms with Crippen molar-refractivity contribution < 1.29 is 4.79 Å². The summed E-state index contributed by atoms with van der Waals surface area (Å²) in [6, 6.07) is 15.4. The van der Waals surface area contributed by atoms with Crippen molar-refractivity contribution >= 4 is 49.2 Å². The summed E-state index contributed by atoms with van der Waals surface area (Å²) in [6.45, 7) is 2.01. The van der Waals surface area contributed by atoms with Crippen LogP contribution in [-0.4, -0.2) is 18.2 Å². The number of anilines is 1. The summed E-state index contributed by atoms with van der Waals surface area (Å²) in [5.41, 5.74) is 5.13. The molecular weight excluding hydrogens is 410 g/mol. The predicted molar refractivity (Wildman–Crippen MR) is 97.1 cm³/mol. The number of halogens is 2. The minimum Gasteiger partial charge on any atom is -0.376 e. The Morgan fingerprint density at radius 3 is 2.50 bits per heavy atom. The van der Waals surface area contributed by atoms with Gasteiger partial charge in [-0.3, -0.25) is 4.79 Å². The highest BCUT2D eigenvalue weighted by Gasteiger charge is 2.02. The number of rotatable bonds is 5. The van der Waals surface area contributed by atoms with Gasteiger partial charge in [0.15, 0.2) is 0 Å². The monoisotopic (exact) mass is 423 g/mol. The highest BCUT2D eigenvalue weighted by molar-refractivity contribution is 9.10. The van der Waals surface area contributed by atoms with Crippen LogP contribution in [0.3, 0.4) is 0 Å². The standard InChI is InChI=1S/C16H15Br2N3O/c1-11(12-5-7-13(17)8-6-12)20-21-16(22)10-19-15-4-2-3-14(18)9-15/h2-9,19H,10H2,1H3,(H,21,22)/b20-11+. The van der Waals surface area contributed by atoms with Crippen molar-refractivity contribution in [2.24, 2.45) is 5.10 Å². The Hall–Kier alpha value is -1.66. The van der Waals surface area contributed by atoms with Gasteiger partial charge in [0.25, 0.3) is 5.91 Å². The molecule has 2 aromatic rings. The fourth-order valence-corrected chi connectivity index (χ4v) is 2.39. The van der Waals surface area contributed by atoms with E-state index in [1.807, 2.05) is 55.5 Å². The zero-order valence-corrected chi connectivity index (χ0v) is 15.1. The highest BCUT2D eigenvalue weighted by Crippen LogP contribution is 2.15. The van der Waals surface area contributed by atoms with E-state index >= 15 is 0 Å². The van der Waals surface area contributed by atoms with Gasteiger partial charge < -0.3 is 5.32 Å². The van der Waals surface area contributed by atoms with E-state index in [4.69, 9.17) is 0 Å². The van der Waals surface area contributed by atoms with Crippen LogP contribution in [0.1, 0.15) is 12.5 Å². The van der Waals surface area contributed by atoms with E-state index in [0.29, 0.717) is 0 Å². The summed E-state index contributed by atoms with van der Waals surface area (Å²) in [6.07, 6.45) is 0. The smallest absolute Gasteiger partial charge is 0.259 e. The molecule has 0 bridgehead atoms. The molecule has 0 aromatic heterocycles. The molecule has 22 heavy (non-hydrogen) atoms. The average molecular weight is 425 g/mol. The fourth-order valence-electron chi connectivity index (χ4n) is 1.72. The lowest BCUT2D eigenvalue weighted by Crippen LogP contribution is -2.26. The van der Waals surface area contributed by atoms with Crippen molar-refractivity contribution in [1.82, 2.24) is 5.43 Å². The number of hydrogen-bond donors (Lipinski definition) is 2. The molecule has 0 aliphatic carbocycles. The lowest BCUT2D eigenvalue weighted by molar-refractivity contribution is -0.119. The second-order valence-electron chi connectivity index (χ2n) is 4.60. The van der Waals surface area contributed by atoms with E-state index in [0.717, 1.165) is 25.9 Å². The third-order valence-electron chi connectivity index (χ3n) is 2.89. The SMILES string of the molecule is C/C(=N\NC(=O)CNc1cccc(Br)c1)c1ccc(Br)cc1. The minimum absolute atomic E-state index is 0.160. The summed E-state index contributed by atoms with van der Waals surface area (Å²) < 4.78 is 1.97. The zero-order valence-electron chi connectivity index (χ0n) is 11.9. The Kier molecular flexibility index (Phi) is 6.15. The molecule has 0 unspecified atom stereocenters. The molecule has 0 radical (unpaired) electrons. The van der Waals surface area contributed by atoms with Crippen molar-refractivity contribution in [2.75, 3.05) is 11.9 Å². The Balaban J connectivity index is 1.86. The number of carbonyl (C=O) groups is 1. The minimum atomic E-state index is -0.198. The molecule has 0 aliphatic rings. The second-order valence-corrected chi connectivity index (χ2v) is 6.43. The van der Waals surface area contributed by atoms with Crippen molar-refractivity contribution in [3.63, 3.8) is 0 Å². The molecule has 2 aromatic carbocycles. The Morgan fingerprint density at radius 2 is 1.82 bits per heavy atom. The van der Waals surface area contributed by atoms with Gasteiger partial charge in [-0.05, 0) is 42.8 Å². The van der Waals surface area contributed by atoms with Gasteiger partial charge >= 0.3 is 0 Å². The summed E-state index contributed by atoms with van der Waals surface area (Å²) >= 11 is 6.77. The Morgan fingerprint density at radius 1 is 1.09 bits per heavy atom. The van der Waals surface area contributed by atoms with Gasteiger partial charge in [0, 0.05) is 14.6 Å². The predicted octanol–water partition coefficient (Wildman–Crippen LogP) is 4.16. The maximum Gasteiger partial charge on any atom is 0.259 e. The van der Waals surface area contributed by atoms with Gasteiger partial charge in [-0.15, -0.1) is 0 Å². The maximum atomic E-state index is 11.8. The van der Waals surface area contributed by atoms with E-state index in [-0.39, 0.29) is 12.5 Å². The van der Waals surface area contributed by atoms with Crippen molar-refractivity contribution in [3.05, 3.63) is 63.0 Å². The Labute approximate surface area is 146 Å². The number of hydrogen-bond acceptors (Lipinski definition) is 3. The third kappa shape index (κ3) is 5.27. The molecule has 2 N–H and O–H groups in total. The van der Waals surface area contributed by atoms with Crippen molar-refractivity contribution in [2.45, 2.75) is 6.92 Å². The first-order valence-electron chi connectivity index (χ1n) is 6.63. The topological polar surface area (TPSA) is 53.5 Å². The quantitative estimate of drug-likeness (QED) is 0.559. The second kappa shape index (κ2) is 8.10. The van der Waals surface area contributed by atoms with Gasteiger partial charge in [-0.25, -0.2) is 5.43 Å². The number of nitrogens with zero attached hydrogens (tertiary/aromatic N) is 1. The first-order valence-corrected chi connectivity index (χ1v) is 8.22. The molecule has 0 aliphatic heterocycles. The number of nitrogens with one attached hydrogen (secondary N) is 2. The Bertz CT molecular complexity index is 684. The molecular formula is C16H15Br2N3O. The lowest BCUT2D eigenvalue weighted by atomic mass is 10.1. The molecule has 0 saturated carbocycles. The van der Waals surface area contributed by atoms with E-state index < -0.39 is 0 Å². The number of carbonyl (C=O) groups excluding carboxylic acids is 1. The molecule has 0 spiro atoms. The first kappa shape index (κ1) is 16.7. The van der Waals surface area contributed by atoms with Gasteiger partial charge in [0.05, 0.1) is 12.3 Å². The zero-order chi connectivity index (χ0) is 15.9. The van der Waals surface area contributed by atoms with Crippen LogP contribution in [-0.2, 0) is 4.79 Å². The summed E-state index contributed by atoms with van der Waals surface area (Å²) in [7, 11) is 0. The molecule has 0 heterocycles. The van der Waals surface area contributed by atoms with E-state index in [1.54, 1.807) is 0 Å². The maximum absolute atomic E-state index is 11.8. The van der Waals surface area contributed by atoms with Crippen LogP contribution < -0.4 is 10.7 Å². The van der Waals surface area contributed by atoms with Crippen molar-refractivity contribution in [1.29, 1.82) is 0 Å². The van der Waals surface area contributed by atoms with Crippen LogP contribution in [0.4, 0.5) is 5.69 Å². The first-order chi connectivity index (χ1) is 10.5. The molecule has 0 saturated heterocycles. The lowest BCUT2D eigenvalue weighted by Gasteiger charge is -2.06. The van der Waals surface area contributed by atoms with E-state index in [2.05, 4.69) is 47.7 Å². The molecule has 1 amide bonds. The molecule has 0 fully saturated rings. The van der Waals surface area contributed by atoms with E-state index in [9.17, 15) is 4.79 Å². The van der Waals surface area contributed by atoms with Crippen LogP contribution in [0.2, 0.25) is 0 Å². The molecule has 0 atom stereocenters. The summed E-state index contributed by atoms with van der Waals surface area (Å²) in [4.78, 5) is 11.8. The average Bonchev–Trinajstić information content (AvgIpc) is 2.51. The fraction of sp³-hybridized carbons (Fsp3) is 0.125. The van der Waals surface area contributed by atoms with Gasteiger partial charge in [0.2, 0.25) is 0 Å². The van der Waals surface area contributed by atoms with Crippen LogP contribution in [0, 0.1) is 0 Å². The molecule has 114 valence electrons. The highest BCUT2D eigenvalue weighted by atomic mass is 79.9. The van der Waals surface area contributed by atoms with Gasteiger partial charge in [0.1, 0.15) is 0 Å². The molecule has 2 rings (SSSR count). The van der Waals surface area contributed by atoms with Gasteiger partial charge in [-0.1, -0.05) is 50.1 Å². The largest absolute Gasteiger partial charge is 0.376 e. The van der Waals surface area contributed by atoms with Crippen LogP contribution >= 0.6 is 31.9 Å². The summed E-state index contributed by atoms with van der Waals surface area (Å²) in [5.74, 6) is -0.198. The summed E-state index contributed by atoms with van der Waals surface area (Å²) in [5, 5.41) is 7.15. The van der Waals surface area contributed by atoms with Gasteiger partial charge in [-0.2, -0.15) is 5.10 Å². The normalized spacial score (nSPS) is 11.1. The number of hydrazone groups is 1. The molecule has 6 heteroatoms. The number of benzene rings is 2. The molecule has 4 nitrogen and oxygen atoms in total. The van der Waals surface area contributed by atoms with Crippen LogP contribution in [0.15, 0.2) is 62.6 Å². The third-order valence-corrected chi connectivity index (χ3v) is 3.91.